The number of nitrogens with zero attached hydrogens (tertiary/aromatic N) is 1. The van der Waals surface area contributed by atoms with Crippen LogP contribution in [-0.4, -0.2) is 35.5 Å². The zero-order valence-corrected chi connectivity index (χ0v) is 13.8. The van der Waals surface area contributed by atoms with Crippen LogP contribution in [0.2, 0.25) is 5.02 Å². The normalized spacial score (nSPS) is 10.5. The van der Waals surface area contributed by atoms with E-state index in [-0.39, 0.29) is 41.2 Å². The van der Waals surface area contributed by atoms with Crippen LogP contribution in [0.1, 0.15) is 21.9 Å². The maximum Gasteiger partial charge on any atom is 0.339 e. The first-order valence-corrected chi connectivity index (χ1v) is 7.30. The number of furan rings is 1. The Hall–Kier alpha value is -2.54. The summed E-state index contributed by atoms with van der Waals surface area (Å²) in [5.74, 6) is -1.13. The highest BCUT2D eigenvalue weighted by Crippen LogP contribution is 2.21. The average Bonchev–Trinajstić information content (AvgIpc) is 2.88. The number of hydrogen-bond donors (Lipinski definition) is 1. The quantitative estimate of drug-likeness (QED) is 0.861. The predicted molar refractivity (Wildman–Crippen MR) is 83.8 cm³/mol. The molecule has 0 unspecified atom stereocenters. The molecule has 24 heavy (non-hydrogen) atoms. The van der Waals surface area contributed by atoms with Crippen LogP contribution in [0.3, 0.4) is 0 Å². The van der Waals surface area contributed by atoms with Gasteiger partial charge in [-0.05, 0) is 25.1 Å². The summed E-state index contributed by atoms with van der Waals surface area (Å²) in [6, 6.07) is 5.16. The second kappa shape index (κ2) is 7.35. The van der Waals surface area contributed by atoms with Gasteiger partial charge < -0.3 is 19.2 Å². The number of benzene rings is 1. The van der Waals surface area contributed by atoms with Gasteiger partial charge in [0.2, 0.25) is 0 Å². The molecule has 0 saturated heterocycles. The Kier molecular flexibility index (Phi) is 5.46. The van der Waals surface area contributed by atoms with E-state index in [1.54, 1.807) is 0 Å². The van der Waals surface area contributed by atoms with Crippen molar-refractivity contribution >= 4 is 23.5 Å². The summed E-state index contributed by atoms with van der Waals surface area (Å²) in [7, 11) is 1.53. The van der Waals surface area contributed by atoms with E-state index in [0.29, 0.717) is 5.76 Å². The van der Waals surface area contributed by atoms with Gasteiger partial charge in [0.1, 0.15) is 28.7 Å². The van der Waals surface area contributed by atoms with Gasteiger partial charge in [-0.3, -0.25) is 4.79 Å². The third kappa shape index (κ3) is 4.26. The minimum absolute atomic E-state index is 0.0584. The van der Waals surface area contributed by atoms with Gasteiger partial charge in [-0.2, -0.15) is 0 Å². The number of carboxylic acid groups (broad SMARTS) is 1. The summed E-state index contributed by atoms with van der Waals surface area (Å²) >= 11 is 5.63. The lowest BCUT2D eigenvalue weighted by Crippen LogP contribution is -2.30. The van der Waals surface area contributed by atoms with Crippen LogP contribution in [0.4, 0.5) is 4.39 Å². The van der Waals surface area contributed by atoms with Crippen molar-refractivity contribution in [3.05, 3.63) is 52.2 Å². The van der Waals surface area contributed by atoms with E-state index in [2.05, 4.69) is 0 Å². The van der Waals surface area contributed by atoms with Gasteiger partial charge in [-0.1, -0.05) is 11.6 Å². The zero-order chi connectivity index (χ0) is 17.9. The molecule has 0 radical (unpaired) electrons. The highest BCUT2D eigenvalue weighted by atomic mass is 35.5. The van der Waals surface area contributed by atoms with E-state index in [9.17, 15) is 14.0 Å². The van der Waals surface area contributed by atoms with E-state index in [1.807, 2.05) is 0 Å². The maximum atomic E-state index is 13.0. The summed E-state index contributed by atoms with van der Waals surface area (Å²) in [6.45, 7) is 1.36. The number of amides is 1. The van der Waals surface area contributed by atoms with Crippen molar-refractivity contribution in [3.8, 4) is 5.75 Å². The maximum absolute atomic E-state index is 13.0. The Balaban J connectivity index is 1.93. The molecule has 1 heterocycles. The highest BCUT2D eigenvalue weighted by Gasteiger charge is 2.17. The third-order valence-electron chi connectivity index (χ3n) is 3.27. The minimum atomic E-state index is -1.09. The standard InChI is InChI=1S/C16H15ClFNO5/c1-9-12(16(21)22)5-11(24-9)7-19(2)15(20)8-23-10-3-4-14(18)13(17)6-10/h3-6H,7-8H2,1-2H3,(H,21,22). The highest BCUT2D eigenvalue weighted by molar-refractivity contribution is 6.30. The van der Waals surface area contributed by atoms with Gasteiger partial charge in [-0.15, -0.1) is 0 Å². The lowest BCUT2D eigenvalue weighted by Gasteiger charge is -2.16. The van der Waals surface area contributed by atoms with Crippen LogP contribution in [0.5, 0.6) is 5.75 Å². The fourth-order valence-corrected chi connectivity index (χ4v) is 2.15. The largest absolute Gasteiger partial charge is 0.484 e. The van der Waals surface area contributed by atoms with Gasteiger partial charge in [-0.25, -0.2) is 9.18 Å². The lowest BCUT2D eigenvalue weighted by molar-refractivity contribution is -0.132. The third-order valence-corrected chi connectivity index (χ3v) is 3.56. The van der Waals surface area contributed by atoms with Crippen LogP contribution in [0.15, 0.2) is 28.7 Å². The molecule has 2 aromatic rings. The monoisotopic (exact) mass is 355 g/mol. The summed E-state index contributed by atoms with van der Waals surface area (Å²) in [6.07, 6.45) is 0. The van der Waals surface area contributed by atoms with Crippen LogP contribution in [0, 0.1) is 12.7 Å². The second-order valence-electron chi connectivity index (χ2n) is 5.10. The zero-order valence-electron chi connectivity index (χ0n) is 13.0. The molecular formula is C16H15ClFNO5. The molecule has 6 nitrogen and oxygen atoms in total. The van der Waals surface area contributed by atoms with Crippen LogP contribution in [0.25, 0.3) is 0 Å². The molecule has 0 aliphatic heterocycles. The number of halogens is 2. The first-order chi connectivity index (χ1) is 11.3. The molecular weight excluding hydrogens is 341 g/mol. The SMILES string of the molecule is Cc1oc(CN(C)C(=O)COc2ccc(F)c(Cl)c2)cc1C(=O)O. The average molecular weight is 356 g/mol. The van der Waals surface area contributed by atoms with Crippen molar-refractivity contribution in [2.24, 2.45) is 0 Å². The van der Waals surface area contributed by atoms with Crippen molar-refractivity contribution in [2.45, 2.75) is 13.5 Å². The Morgan fingerprint density at radius 3 is 2.67 bits per heavy atom. The van der Waals surface area contributed by atoms with Crippen LogP contribution >= 0.6 is 11.6 Å². The van der Waals surface area contributed by atoms with Crippen molar-refractivity contribution in [2.75, 3.05) is 13.7 Å². The first kappa shape index (κ1) is 17.8. The minimum Gasteiger partial charge on any atom is -0.484 e. The van der Waals surface area contributed by atoms with E-state index < -0.39 is 11.8 Å². The molecule has 128 valence electrons. The van der Waals surface area contributed by atoms with Gasteiger partial charge >= 0.3 is 5.97 Å². The molecule has 0 aliphatic carbocycles. The molecule has 1 aromatic heterocycles. The van der Waals surface area contributed by atoms with Crippen molar-refractivity contribution in [3.63, 3.8) is 0 Å². The molecule has 2 rings (SSSR count). The number of aromatic carboxylic acids is 1. The topological polar surface area (TPSA) is 80.0 Å². The van der Waals surface area contributed by atoms with Crippen molar-refractivity contribution in [1.82, 2.24) is 4.90 Å². The molecule has 0 atom stereocenters. The molecule has 0 spiro atoms. The first-order valence-electron chi connectivity index (χ1n) is 6.92. The van der Waals surface area contributed by atoms with Crippen LogP contribution in [-0.2, 0) is 11.3 Å². The number of carboxylic acids is 1. The molecule has 0 saturated carbocycles. The summed E-state index contributed by atoms with van der Waals surface area (Å²) in [5, 5.41) is 8.88. The van der Waals surface area contributed by atoms with E-state index in [0.717, 1.165) is 6.07 Å². The number of rotatable bonds is 6. The Bertz CT molecular complexity index is 774. The number of carbonyl (C=O) groups excluding carboxylic acids is 1. The number of likely N-dealkylation sites (N-methyl/N-ethyl adjacent to an activating group) is 1. The van der Waals surface area contributed by atoms with Gasteiger partial charge in [0.25, 0.3) is 5.91 Å². The Labute approximate surface area is 142 Å². The smallest absolute Gasteiger partial charge is 0.339 e. The fraction of sp³-hybridized carbons (Fsp3) is 0.250. The molecule has 1 aromatic carbocycles. The second-order valence-corrected chi connectivity index (χ2v) is 5.51. The van der Waals surface area contributed by atoms with E-state index in [4.69, 9.17) is 25.9 Å². The fourth-order valence-electron chi connectivity index (χ4n) is 1.98. The van der Waals surface area contributed by atoms with Gasteiger partial charge in [0.15, 0.2) is 6.61 Å². The lowest BCUT2D eigenvalue weighted by atomic mass is 10.2. The molecule has 1 N–H and O–H groups in total. The Morgan fingerprint density at radius 2 is 2.08 bits per heavy atom. The van der Waals surface area contributed by atoms with Gasteiger partial charge in [0.05, 0.1) is 11.6 Å². The molecule has 0 bridgehead atoms. The molecule has 0 aliphatic rings. The number of carbonyl (C=O) groups is 2. The number of aryl methyl sites for hydroxylation is 1. The molecule has 1 amide bonds. The van der Waals surface area contributed by atoms with E-state index in [1.165, 1.54) is 37.1 Å². The Morgan fingerprint density at radius 1 is 1.38 bits per heavy atom. The number of hydrogen-bond acceptors (Lipinski definition) is 4. The molecule has 0 fully saturated rings. The van der Waals surface area contributed by atoms with Crippen LogP contribution < -0.4 is 4.74 Å². The predicted octanol–water partition coefficient (Wildman–Crippen LogP) is 3.12. The van der Waals surface area contributed by atoms with Crippen molar-refractivity contribution < 1.29 is 28.2 Å². The van der Waals surface area contributed by atoms with Crippen molar-refractivity contribution in [1.29, 1.82) is 0 Å². The van der Waals surface area contributed by atoms with Gasteiger partial charge in [0, 0.05) is 13.1 Å². The summed E-state index contributed by atoms with van der Waals surface area (Å²) in [4.78, 5) is 24.3. The summed E-state index contributed by atoms with van der Waals surface area (Å²) < 4.78 is 23.6. The molecule has 8 heteroatoms. The number of ether oxygens (including phenoxy) is 1. The summed E-state index contributed by atoms with van der Waals surface area (Å²) in [5.41, 5.74) is 0.0584. The van der Waals surface area contributed by atoms with E-state index >= 15 is 0 Å².